The average Bonchev–Trinajstić information content (AvgIpc) is 2.75. The molecule has 0 fully saturated rings. The van der Waals surface area contributed by atoms with Crippen molar-refractivity contribution in [2.75, 3.05) is 27.4 Å². The highest BCUT2D eigenvalue weighted by Crippen LogP contribution is 2.49. The Labute approximate surface area is 177 Å². The molecule has 1 aromatic carbocycles. The van der Waals surface area contributed by atoms with E-state index in [1.807, 2.05) is 6.07 Å². The van der Waals surface area contributed by atoms with Crippen LogP contribution < -0.4 is 4.74 Å². The maximum atomic E-state index is 13.2. The SMILES string of the molecule is COCCCN1C2=C(C(=O)CCC2)C(c2ccc(O)c(OC)c2)C2=C1CCCC2=O. The van der Waals surface area contributed by atoms with E-state index in [4.69, 9.17) is 9.47 Å². The number of aromatic hydroxyl groups is 1. The lowest BCUT2D eigenvalue weighted by atomic mass is 9.71. The van der Waals surface area contributed by atoms with Crippen LogP contribution in [0.4, 0.5) is 0 Å². The number of methoxy groups -OCH3 is 2. The van der Waals surface area contributed by atoms with Crippen molar-refractivity contribution in [3.05, 3.63) is 46.3 Å². The van der Waals surface area contributed by atoms with Gasteiger partial charge in [-0.3, -0.25) is 9.59 Å². The summed E-state index contributed by atoms with van der Waals surface area (Å²) < 4.78 is 10.6. The zero-order valence-electron chi connectivity index (χ0n) is 17.7. The van der Waals surface area contributed by atoms with Crippen LogP contribution in [0, 0.1) is 0 Å². The number of benzene rings is 1. The summed E-state index contributed by atoms with van der Waals surface area (Å²) in [6.07, 6.45) is 5.20. The molecule has 6 heteroatoms. The Morgan fingerprint density at radius 2 is 1.63 bits per heavy atom. The number of rotatable bonds is 6. The summed E-state index contributed by atoms with van der Waals surface area (Å²) in [6.45, 7) is 1.39. The van der Waals surface area contributed by atoms with E-state index in [9.17, 15) is 14.7 Å². The Kier molecular flexibility index (Phi) is 5.95. The molecule has 0 spiro atoms. The van der Waals surface area contributed by atoms with E-state index in [-0.39, 0.29) is 23.2 Å². The fourth-order valence-corrected chi connectivity index (χ4v) is 5.06. The molecular formula is C24H29NO5. The fourth-order valence-electron chi connectivity index (χ4n) is 5.06. The van der Waals surface area contributed by atoms with Crippen molar-refractivity contribution < 1.29 is 24.2 Å². The lowest BCUT2D eigenvalue weighted by Gasteiger charge is -2.44. The van der Waals surface area contributed by atoms with Gasteiger partial charge in [0.1, 0.15) is 0 Å². The summed E-state index contributed by atoms with van der Waals surface area (Å²) >= 11 is 0. The molecule has 0 unspecified atom stereocenters. The van der Waals surface area contributed by atoms with Gasteiger partial charge in [0.2, 0.25) is 0 Å². The Morgan fingerprint density at radius 1 is 1.00 bits per heavy atom. The maximum Gasteiger partial charge on any atom is 0.161 e. The molecule has 6 nitrogen and oxygen atoms in total. The van der Waals surface area contributed by atoms with E-state index in [1.165, 1.54) is 7.11 Å². The first kappa shape index (κ1) is 20.7. The zero-order chi connectivity index (χ0) is 21.3. The van der Waals surface area contributed by atoms with Gasteiger partial charge in [0.15, 0.2) is 23.1 Å². The molecule has 0 amide bonds. The van der Waals surface area contributed by atoms with Crippen molar-refractivity contribution in [3.63, 3.8) is 0 Å². The van der Waals surface area contributed by atoms with Gasteiger partial charge in [-0.25, -0.2) is 0 Å². The van der Waals surface area contributed by atoms with Crippen LogP contribution in [-0.4, -0.2) is 48.9 Å². The normalized spacial score (nSPS) is 19.9. The Balaban J connectivity index is 1.89. The number of Topliss-reactive ketones (excluding diaryl/α,β-unsaturated/α-hetero) is 2. The monoisotopic (exact) mass is 411 g/mol. The summed E-state index contributed by atoms with van der Waals surface area (Å²) in [6, 6.07) is 5.15. The van der Waals surface area contributed by atoms with Crippen LogP contribution in [0.2, 0.25) is 0 Å². The van der Waals surface area contributed by atoms with Crippen molar-refractivity contribution in [1.29, 1.82) is 0 Å². The van der Waals surface area contributed by atoms with E-state index in [0.717, 1.165) is 66.8 Å². The molecule has 0 aromatic heterocycles. The summed E-state index contributed by atoms with van der Waals surface area (Å²) in [7, 11) is 3.19. The third-order valence-electron chi connectivity index (χ3n) is 6.35. The molecule has 1 heterocycles. The number of phenolic OH excluding ortho intramolecular Hbond substituents is 1. The molecule has 4 rings (SSSR count). The van der Waals surface area contributed by atoms with Crippen LogP contribution in [0.15, 0.2) is 40.7 Å². The number of hydrogen-bond acceptors (Lipinski definition) is 6. The van der Waals surface area contributed by atoms with Crippen molar-refractivity contribution in [3.8, 4) is 11.5 Å². The summed E-state index contributed by atoms with van der Waals surface area (Å²) in [5.41, 5.74) is 4.45. The highest BCUT2D eigenvalue weighted by molar-refractivity contribution is 6.06. The van der Waals surface area contributed by atoms with Gasteiger partial charge in [-0.05, 0) is 49.8 Å². The lowest BCUT2D eigenvalue weighted by molar-refractivity contribution is -0.117. The predicted molar refractivity (Wildman–Crippen MR) is 112 cm³/mol. The second-order valence-electron chi connectivity index (χ2n) is 8.14. The Bertz CT molecular complexity index is 886. The number of nitrogens with zero attached hydrogens (tertiary/aromatic N) is 1. The van der Waals surface area contributed by atoms with Gasteiger partial charge in [0.25, 0.3) is 0 Å². The van der Waals surface area contributed by atoms with Crippen LogP contribution >= 0.6 is 0 Å². The van der Waals surface area contributed by atoms with Gasteiger partial charge in [-0.2, -0.15) is 0 Å². The first-order chi connectivity index (χ1) is 14.6. The quantitative estimate of drug-likeness (QED) is 0.717. The first-order valence-electron chi connectivity index (χ1n) is 10.7. The number of carbonyl (C=O) groups excluding carboxylic acids is 2. The van der Waals surface area contributed by atoms with E-state index in [2.05, 4.69) is 4.90 Å². The van der Waals surface area contributed by atoms with Crippen LogP contribution in [-0.2, 0) is 14.3 Å². The van der Waals surface area contributed by atoms with Crippen molar-refractivity contribution in [1.82, 2.24) is 4.90 Å². The number of carbonyl (C=O) groups is 2. The van der Waals surface area contributed by atoms with E-state index < -0.39 is 0 Å². The molecule has 1 aromatic rings. The molecule has 2 aliphatic carbocycles. The summed E-state index contributed by atoms with van der Waals surface area (Å²) in [5, 5.41) is 10.1. The first-order valence-corrected chi connectivity index (χ1v) is 10.7. The average molecular weight is 411 g/mol. The molecule has 0 atom stereocenters. The highest BCUT2D eigenvalue weighted by atomic mass is 16.5. The van der Waals surface area contributed by atoms with Gasteiger partial charge in [0.05, 0.1) is 7.11 Å². The minimum absolute atomic E-state index is 0.0478. The van der Waals surface area contributed by atoms with Gasteiger partial charge < -0.3 is 19.5 Å². The number of phenols is 1. The number of ketones is 2. The second-order valence-corrected chi connectivity index (χ2v) is 8.14. The minimum atomic E-state index is -0.385. The standard InChI is InChI=1S/C24H29NO5/c1-29-13-5-12-25-16-6-3-8-19(27)23(16)22(24-17(25)7-4-9-20(24)28)15-10-11-18(26)21(14-15)30-2/h10-11,14,22,26H,3-9,12-13H2,1-2H3. The molecule has 3 aliphatic rings. The highest BCUT2D eigenvalue weighted by Gasteiger charge is 2.43. The van der Waals surface area contributed by atoms with Crippen molar-refractivity contribution in [2.24, 2.45) is 0 Å². The summed E-state index contributed by atoms with van der Waals surface area (Å²) in [5.74, 6) is 0.256. The molecule has 0 saturated carbocycles. The topological polar surface area (TPSA) is 76.1 Å². The van der Waals surface area contributed by atoms with Crippen LogP contribution in [0.1, 0.15) is 56.4 Å². The van der Waals surface area contributed by atoms with Gasteiger partial charge in [-0.15, -0.1) is 0 Å². The maximum absolute atomic E-state index is 13.2. The van der Waals surface area contributed by atoms with Gasteiger partial charge in [0, 0.05) is 61.6 Å². The third-order valence-corrected chi connectivity index (χ3v) is 6.35. The molecule has 0 bridgehead atoms. The third kappa shape index (κ3) is 3.54. The Hall–Kier alpha value is -2.60. The number of allylic oxidation sites excluding steroid dienone is 4. The van der Waals surface area contributed by atoms with Crippen LogP contribution in [0.5, 0.6) is 11.5 Å². The van der Waals surface area contributed by atoms with E-state index in [1.54, 1.807) is 19.2 Å². The van der Waals surface area contributed by atoms with E-state index in [0.29, 0.717) is 25.2 Å². The second kappa shape index (κ2) is 8.64. The molecule has 1 N–H and O–H groups in total. The predicted octanol–water partition coefficient (Wildman–Crippen LogP) is 3.85. The smallest absolute Gasteiger partial charge is 0.161 e. The molecule has 0 radical (unpaired) electrons. The molecule has 160 valence electrons. The van der Waals surface area contributed by atoms with Crippen molar-refractivity contribution >= 4 is 11.6 Å². The van der Waals surface area contributed by atoms with Gasteiger partial charge in [-0.1, -0.05) is 6.07 Å². The number of ether oxygens (including phenoxy) is 2. The lowest BCUT2D eigenvalue weighted by Crippen LogP contribution is -2.39. The zero-order valence-corrected chi connectivity index (χ0v) is 17.7. The Morgan fingerprint density at radius 3 is 2.20 bits per heavy atom. The largest absolute Gasteiger partial charge is 0.504 e. The van der Waals surface area contributed by atoms with E-state index >= 15 is 0 Å². The number of hydrogen-bond donors (Lipinski definition) is 1. The van der Waals surface area contributed by atoms with Gasteiger partial charge >= 0.3 is 0 Å². The summed E-state index contributed by atoms with van der Waals surface area (Å²) in [4.78, 5) is 28.6. The van der Waals surface area contributed by atoms with Crippen LogP contribution in [0.25, 0.3) is 0 Å². The molecule has 0 saturated heterocycles. The van der Waals surface area contributed by atoms with Crippen LogP contribution in [0.3, 0.4) is 0 Å². The van der Waals surface area contributed by atoms with Crippen molar-refractivity contribution in [2.45, 2.75) is 50.9 Å². The molecule has 30 heavy (non-hydrogen) atoms. The molecular weight excluding hydrogens is 382 g/mol. The molecule has 1 aliphatic heterocycles. The minimum Gasteiger partial charge on any atom is -0.504 e. The fraction of sp³-hybridized carbons (Fsp3) is 0.500.